The fourth-order valence-electron chi connectivity index (χ4n) is 2.60. The second-order valence-corrected chi connectivity index (χ2v) is 6.31. The Bertz CT molecular complexity index is 1190. The number of rotatable bonds is 2. The molecule has 0 radical (unpaired) electrons. The van der Waals surface area contributed by atoms with Crippen molar-refractivity contribution in [1.82, 2.24) is 9.38 Å². The highest BCUT2D eigenvalue weighted by molar-refractivity contribution is 7.15. The maximum absolute atomic E-state index is 12.7. The first-order chi connectivity index (χ1) is 11.6. The molecule has 118 valence electrons. The van der Waals surface area contributed by atoms with Gasteiger partial charge >= 0.3 is 5.97 Å². The van der Waals surface area contributed by atoms with Gasteiger partial charge in [0.15, 0.2) is 4.96 Å². The third-order valence-electron chi connectivity index (χ3n) is 3.56. The molecule has 5 nitrogen and oxygen atoms in total. The number of imidazole rings is 1. The highest BCUT2D eigenvalue weighted by Gasteiger charge is 2.10. The van der Waals surface area contributed by atoms with Crippen LogP contribution in [0.5, 0.6) is 5.75 Å². The highest BCUT2D eigenvalue weighted by Crippen LogP contribution is 2.17. The van der Waals surface area contributed by atoms with E-state index in [-0.39, 0.29) is 11.5 Å². The minimum atomic E-state index is -0.377. The van der Waals surface area contributed by atoms with E-state index in [1.165, 1.54) is 18.3 Å². The molecule has 2 heterocycles. The van der Waals surface area contributed by atoms with Gasteiger partial charge in [-0.15, -0.1) is 0 Å². The first-order valence-electron chi connectivity index (χ1n) is 7.32. The zero-order valence-electron chi connectivity index (χ0n) is 12.7. The van der Waals surface area contributed by atoms with Crippen LogP contribution in [-0.4, -0.2) is 15.4 Å². The van der Waals surface area contributed by atoms with E-state index >= 15 is 0 Å². The van der Waals surface area contributed by atoms with Crippen molar-refractivity contribution < 1.29 is 9.53 Å². The van der Waals surface area contributed by atoms with Gasteiger partial charge in [0, 0.05) is 6.92 Å². The number of nitrogens with zero attached hydrogens (tertiary/aromatic N) is 2. The van der Waals surface area contributed by atoms with E-state index in [2.05, 4.69) is 4.98 Å². The van der Waals surface area contributed by atoms with Gasteiger partial charge in [-0.25, -0.2) is 9.38 Å². The molecule has 0 saturated heterocycles. The van der Waals surface area contributed by atoms with E-state index in [1.807, 2.05) is 30.3 Å². The standard InChI is InChI=1S/C18H12N2O3S/c1-11(21)23-13-6-4-5-12(9-13)10-16-17(22)20-15-8-3-2-7-14(15)19-18(20)24-16/h2-10H,1H3/b16-10-. The Labute approximate surface area is 140 Å². The van der Waals surface area contributed by atoms with Crippen LogP contribution in [0.4, 0.5) is 0 Å². The number of hydrogen-bond acceptors (Lipinski definition) is 5. The van der Waals surface area contributed by atoms with E-state index in [0.717, 1.165) is 16.6 Å². The van der Waals surface area contributed by atoms with Gasteiger partial charge in [-0.3, -0.25) is 9.59 Å². The third-order valence-corrected chi connectivity index (χ3v) is 4.53. The van der Waals surface area contributed by atoms with E-state index in [4.69, 9.17) is 4.74 Å². The molecule has 2 aromatic carbocycles. The minimum Gasteiger partial charge on any atom is -0.427 e. The second kappa shape index (κ2) is 5.58. The minimum absolute atomic E-state index is 0.0958. The number of ether oxygens (including phenoxy) is 1. The average Bonchev–Trinajstić information content (AvgIpc) is 3.04. The number of esters is 1. The van der Waals surface area contributed by atoms with E-state index in [1.54, 1.807) is 28.7 Å². The zero-order chi connectivity index (χ0) is 16.7. The SMILES string of the molecule is CC(=O)Oc1cccc(/C=c2\sc3nc4ccccc4n3c2=O)c1. The predicted octanol–water partition coefficient (Wildman–Crippen LogP) is 2.38. The summed E-state index contributed by atoms with van der Waals surface area (Å²) in [6.45, 7) is 1.35. The molecule has 6 heteroatoms. The summed E-state index contributed by atoms with van der Waals surface area (Å²) in [6.07, 6.45) is 1.78. The van der Waals surface area contributed by atoms with Crippen LogP contribution in [0.15, 0.2) is 53.3 Å². The number of benzene rings is 2. The van der Waals surface area contributed by atoms with Crippen molar-refractivity contribution in [3.8, 4) is 5.75 Å². The smallest absolute Gasteiger partial charge is 0.308 e. The van der Waals surface area contributed by atoms with E-state index in [9.17, 15) is 9.59 Å². The van der Waals surface area contributed by atoms with Crippen molar-refractivity contribution in [2.24, 2.45) is 0 Å². The lowest BCUT2D eigenvalue weighted by Gasteiger charge is -2.01. The largest absolute Gasteiger partial charge is 0.427 e. The molecule has 0 unspecified atom stereocenters. The molecule has 0 fully saturated rings. The molecule has 2 aromatic heterocycles. The molecule has 0 amide bonds. The molecule has 0 saturated carbocycles. The van der Waals surface area contributed by atoms with Crippen LogP contribution in [-0.2, 0) is 4.79 Å². The Morgan fingerprint density at radius 1 is 1.21 bits per heavy atom. The number of thiazole rings is 1. The Balaban J connectivity index is 1.87. The zero-order valence-corrected chi connectivity index (χ0v) is 13.5. The molecule has 0 atom stereocenters. The van der Waals surface area contributed by atoms with E-state index in [0.29, 0.717) is 15.2 Å². The van der Waals surface area contributed by atoms with Gasteiger partial charge in [-0.1, -0.05) is 35.6 Å². The number of carbonyl (C=O) groups is 1. The summed E-state index contributed by atoms with van der Waals surface area (Å²) in [5, 5.41) is 0. The first-order valence-corrected chi connectivity index (χ1v) is 8.14. The molecule has 0 N–H and O–H groups in total. The molecule has 4 rings (SSSR count). The normalized spacial score (nSPS) is 12.1. The molecular weight excluding hydrogens is 324 g/mol. The maximum Gasteiger partial charge on any atom is 0.308 e. The molecule has 24 heavy (non-hydrogen) atoms. The first kappa shape index (κ1) is 14.6. The summed E-state index contributed by atoms with van der Waals surface area (Å²) in [4.78, 5) is 28.9. The topological polar surface area (TPSA) is 60.7 Å². The van der Waals surface area contributed by atoms with Crippen molar-refractivity contribution in [3.05, 3.63) is 69.0 Å². The predicted molar refractivity (Wildman–Crippen MR) is 93.4 cm³/mol. The number of fused-ring (bicyclic) bond motifs is 3. The van der Waals surface area contributed by atoms with Crippen molar-refractivity contribution in [2.75, 3.05) is 0 Å². The monoisotopic (exact) mass is 336 g/mol. The lowest BCUT2D eigenvalue weighted by atomic mass is 10.2. The third kappa shape index (κ3) is 2.47. The summed E-state index contributed by atoms with van der Waals surface area (Å²) >= 11 is 1.34. The fourth-order valence-corrected chi connectivity index (χ4v) is 3.58. The maximum atomic E-state index is 12.7. The average molecular weight is 336 g/mol. The quantitative estimate of drug-likeness (QED) is 0.416. The van der Waals surface area contributed by atoms with Crippen molar-refractivity contribution in [1.29, 1.82) is 0 Å². The van der Waals surface area contributed by atoms with Crippen LogP contribution in [0.3, 0.4) is 0 Å². The summed E-state index contributed by atoms with van der Waals surface area (Å²) < 4.78 is 7.29. The number of aromatic nitrogens is 2. The lowest BCUT2D eigenvalue weighted by molar-refractivity contribution is -0.131. The summed E-state index contributed by atoms with van der Waals surface area (Å²) in [5.74, 6) is 0.0770. The Hall–Kier alpha value is -2.99. The van der Waals surface area contributed by atoms with Gasteiger partial charge in [-0.05, 0) is 35.9 Å². The lowest BCUT2D eigenvalue weighted by Crippen LogP contribution is -2.22. The number of para-hydroxylation sites is 2. The Morgan fingerprint density at radius 3 is 2.88 bits per heavy atom. The van der Waals surface area contributed by atoms with Crippen molar-refractivity contribution in [3.63, 3.8) is 0 Å². The van der Waals surface area contributed by atoms with Gasteiger partial charge in [0.05, 0.1) is 15.6 Å². The van der Waals surface area contributed by atoms with Crippen LogP contribution >= 0.6 is 11.3 Å². The van der Waals surface area contributed by atoms with Crippen LogP contribution in [0.1, 0.15) is 12.5 Å². The summed E-state index contributed by atoms with van der Waals surface area (Å²) in [7, 11) is 0. The van der Waals surface area contributed by atoms with Crippen LogP contribution in [0.25, 0.3) is 22.1 Å². The summed E-state index contributed by atoms with van der Waals surface area (Å²) in [5.41, 5.74) is 2.31. The molecule has 0 aliphatic rings. The highest BCUT2D eigenvalue weighted by atomic mass is 32.1. The number of carbonyl (C=O) groups excluding carboxylic acids is 1. The van der Waals surface area contributed by atoms with Crippen molar-refractivity contribution >= 4 is 39.4 Å². The van der Waals surface area contributed by atoms with Crippen LogP contribution in [0, 0.1) is 0 Å². The van der Waals surface area contributed by atoms with E-state index < -0.39 is 0 Å². The van der Waals surface area contributed by atoms with Gasteiger partial charge < -0.3 is 4.74 Å². The molecule has 0 spiro atoms. The summed E-state index contributed by atoms with van der Waals surface area (Å²) in [6, 6.07) is 14.6. The van der Waals surface area contributed by atoms with Gasteiger partial charge in [0.2, 0.25) is 0 Å². The fraction of sp³-hybridized carbons (Fsp3) is 0.0556. The van der Waals surface area contributed by atoms with Gasteiger partial charge in [0.1, 0.15) is 5.75 Å². The molecular formula is C18H12N2O3S. The second-order valence-electron chi connectivity index (χ2n) is 5.30. The molecule has 0 aliphatic carbocycles. The molecule has 0 bridgehead atoms. The Kier molecular flexibility index (Phi) is 3.39. The molecule has 4 aromatic rings. The van der Waals surface area contributed by atoms with Gasteiger partial charge in [0.25, 0.3) is 5.56 Å². The van der Waals surface area contributed by atoms with Gasteiger partial charge in [-0.2, -0.15) is 0 Å². The number of hydrogen-bond donors (Lipinski definition) is 0. The molecule has 0 aliphatic heterocycles. The van der Waals surface area contributed by atoms with Crippen molar-refractivity contribution in [2.45, 2.75) is 6.92 Å². The van der Waals surface area contributed by atoms with Crippen LogP contribution < -0.4 is 14.8 Å². The van der Waals surface area contributed by atoms with Crippen LogP contribution in [0.2, 0.25) is 0 Å². The Morgan fingerprint density at radius 2 is 2.04 bits per heavy atom.